The van der Waals surface area contributed by atoms with Gasteiger partial charge in [0.2, 0.25) is 10.0 Å². The summed E-state index contributed by atoms with van der Waals surface area (Å²) in [7, 11) is -2.72. The third-order valence-corrected chi connectivity index (χ3v) is 9.06. The molecule has 1 amide bonds. The number of carbonyl (C=O) groups is 2. The number of amides is 1. The van der Waals surface area contributed by atoms with Crippen LogP contribution in [-0.2, 0) is 37.4 Å². The Bertz CT molecular complexity index is 1660. The third kappa shape index (κ3) is 6.43. The van der Waals surface area contributed by atoms with Crippen LogP contribution in [-0.4, -0.2) is 42.7 Å². The smallest absolute Gasteiger partial charge is 0.340 e. The highest BCUT2D eigenvalue weighted by Gasteiger charge is 2.38. The fourth-order valence-corrected chi connectivity index (χ4v) is 6.47. The van der Waals surface area contributed by atoms with Gasteiger partial charge in [-0.2, -0.15) is 4.31 Å². The number of rotatable bonds is 9. The highest BCUT2D eigenvalue weighted by atomic mass is 35.5. The van der Waals surface area contributed by atoms with E-state index < -0.39 is 16.0 Å². The number of ether oxygens (including phenoxy) is 1. The number of hydrogen-bond donors (Lipinski definition) is 0. The molecule has 0 N–H and O–H groups in total. The first kappa shape index (κ1) is 30.6. The standard InChI is InChI=1S/C30H30Cl2N2O6S/c1-18(2)34-20(4)28(30(36)39-5)26(29(34)35)15-23-10-11-24(40-23)17-33(16-21-8-9-22(31)14-27(21)32)41(37,38)25-12-6-19(3)7-13-25/h6-15,18H,16-17H2,1-5H3/b26-15+. The van der Waals surface area contributed by atoms with Gasteiger partial charge in [0.25, 0.3) is 5.91 Å². The van der Waals surface area contributed by atoms with Gasteiger partial charge in [-0.05, 0) is 75.7 Å². The molecule has 0 radical (unpaired) electrons. The summed E-state index contributed by atoms with van der Waals surface area (Å²) >= 11 is 12.4. The van der Waals surface area contributed by atoms with Crippen molar-refractivity contribution in [3.63, 3.8) is 0 Å². The van der Waals surface area contributed by atoms with E-state index in [0.29, 0.717) is 27.1 Å². The summed E-state index contributed by atoms with van der Waals surface area (Å²) < 4.78 is 39.6. The average molecular weight is 618 g/mol. The summed E-state index contributed by atoms with van der Waals surface area (Å²) in [6, 6.07) is 14.5. The van der Waals surface area contributed by atoms with Gasteiger partial charge in [0.15, 0.2) is 0 Å². The fraction of sp³-hybridized carbons (Fsp3) is 0.267. The van der Waals surface area contributed by atoms with Crippen LogP contribution in [0.15, 0.2) is 80.8 Å². The number of aryl methyl sites for hydroxylation is 1. The minimum atomic E-state index is -3.97. The minimum absolute atomic E-state index is 0.0421. The van der Waals surface area contributed by atoms with E-state index in [1.165, 1.54) is 22.4 Å². The molecule has 216 valence electrons. The molecule has 0 bridgehead atoms. The number of sulfonamides is 1. The SMILES string of the molecule is COC(=O)C1=C(C)N(C(C)C)C(=O)/C1=C/c1ccc(CN(Cc2ccc(Cl)cc2Cl)S(=O)(=O)c2ccc(C)cc2)o1. The summed E-state index contributed by atoms with van der Waals surface area (Å²) in [5.41, 5.74) is 2.28. The monoisotopic (exact) mass is 616 g/mol. The first-order chi connectivity index (χ1) is 19.3. The first-order valence-corrected chi connectivity index (χ1v) is 15.0. The van der Waals surface area contributed by atoms with Crippen LogP contribution in [0, 0.1) is 6.92 Å². The number of benzene rings is 2. The maximum atomic E-state index is 13.7. The van der Waals surface area contributed by atoms with Crippen LogP contribution in [0.5, 0.6) is 0 Å². The van der Waals surface area contributed by atoms with Crippen molar-refractivity contribution < 1.29 is 27.2 Å². The van der Waals surface area contributed by atoms with Crippen molar-refractivity contribution in [2.75, 3.05) is 7.11 Å². The average Bonchev–Trinajstić information content (AvgIpc) is 3.45. The molecule has 2 heterocycles. The number of methoxy groups -OCH3 is 1. The summed E-state index contributed by atoms with van der Waals surface area (Å²) in [5, 5.41) is 0.766. The molecule has 1 aliphatic rings. The van der Waals surface area contributed by atoms with E-state index in [0.717, 1.165) is 5.56 Å². The quantitative estimate of drug-likeness (QED) is 0.205. The molecular weight excluding hydrogens is 587 g/mol. The molecule has 0 aliphatic carbocycles. The van der Waals surface area contributed by atoms with Crippen LogP contribution in [0.1, 0.15) is 43.4 Å². The van der Waals surface area contributed by atoms with Gasteiger partial charge in [0.05, 0.1) is 29.7 Å². The van der Waals surface area contributed by atoms with Gasteiger partial charge in [-0.15, -0.1) is 0 Å². The van der Waals surface area contributed by atoms with E-state index in [2.05, 4.69) is 0 Å². The first-order valence-electron chi connectivity index (χ1n) is 12.8. The zero-order chi connectivity index (χ0) is 30.1. The van der Waals surface area contributed by atoms with E-state index in [4.69, 9.17) is 32.4 Å². The Morgan fingerprint density at radius 1 is 1.05 bits per heavy atom. The Hall–Kier alpha value is -3.37. The van der Waals surface area contributed by atoms with Crippen molar-refractivity contribution >= 4 is 51.2 Å². The summed E-state index contributed by atoms with van der Waals surface area (Å²) in [6.45, 7) is 7.09. The third-order valence-electron chi connectivity index (χ3n) is 6.67. The van der Waals surface area contributed by atoms with E-state index >= 15 is 0 Å². The summed E-state index contributed by atoms with van der Waals surface area (Å²) in [4.78, 5) is 27.4. The highest BCUT2D eigenvalue weighted by molar-refractivity contribution is 7.89. The molecule has 1 aliphatic heterocycles. The molecule has 0 saturated heterocycles. The Kier molecular flexibility index (Phi) is 9.13. The molecule has 0 spiro atoms. The lowest BCUT2D eigenvalue weighted by Gasteiger charge is -2.22. The second-order valence-electron chi connectivity index (χ2n) is 9.90. The summed E-state index contributed by atoms with van der Waals surface area (Å²) in [5.74, 6) is -0.381. The second-order valence-corrected chi connectivity index (χ2v) is 12.7. The van der Waals surface area contributed by atoms with Crippen LogP contribution >= 0.6 is 23.2 Å². The van der Waals surface area contributed by atoms with E-state index in [1.54, 1.807) is 61.5 Å². The molecule has 2 aromatic carbocycles. The second kappa shape index (κ2) is 12.2. The van der Waals surface area contributed by atoms with Crippen LogP contribution in [0.2, 0.25) is 10.0 Å². The molecule has 0 saturated carbocycles. The molecule has 0 unspecified atom stereocenters. The zero-order valence-electron chi connectivity index (χ0n) is 23.3. The van der Waals surface area contributed by atoms with Gasteiger partial charge in [0.1, 0.15) is 11.5 Å². The Balaban J connectivity index is 1.70. The van der Waals surface area contributed by atoms with E-state index in [1.807, 2.05) is 20.8 Å². The summed E-state index contributed by atoms with van der Waals surface area (Å²) in [6.07, 6.45) is 1.47. The van der Waals surface area contributed by atoms with Gasteiger partial charge in [0, 0.05) is 28.3 Å². The van der Waals surface area contributed by atoms with Crippen molar-refractivity contribution in [1.82, 2.24) is 9.21 Å². The van der Waals surface area contributed by atoms with Crippen LogP contribution < -0.4 is 0 Å². The number of hydrogen-bond acceptors (Lipinski definition) is 6. The van der Waals surface area contributed by atoms with Crippen molar-refractivity contribution in [3.05, 3.63) is 104 Å². The lowest BCUT2D eigenvalue weighted by molar-refractivity contribution is -0.136. The number of nitrogens with zero attached hydrogens (tertiary/aromatic N) is 2. The number of carbonyl (C=O) groups excluding carboxylic acids is 2. The lowest BCUT2D eigenvalue weighted by atomic mass is 10.1. The van der Waals surface area contributed by atoms with Crippen molar-refractivity contribution in [2.45, 2.75) is 51.7 Å². The molecule has 8 nitrogen and oxygen atoms in total. The zero-order valence-corrected chi connectivity index (χ0v) is 25.6. The Morgan fingerprint density at radius 2 is 1.73 bits per heavy atom. The number of allylic oxidation sites excluding steroid dienone is 1. The van der Waals surface area contributed by atoms with Crippen molar-refractivity contribution in [1.29, 1.82) is 0 Å². The maximum Gasteiger partial charge on any atom is 0.340 e. The molecule has 4 rings (SSSR count). The van der Waals surface area contributed by atoms with Gasteiger partial charge >= 0.3 is 5.97 Å². The highest BCUT2D eigenvalue weighted by Crippen LogP contribution is 2.34. The van der Waals surface area contributed by atoms with Crippen LogP contribution in [0.4, 0.5) is 0 Å². The predicted octanol–water partition coefficient (Wildman–Crippen LogP) is 6.37. The van der Waals surface area contributed by atoms with Crippen LogP contribution in [0.25, 0.3) is 6.08 Å². The molecule has 3 aromatic rings. The van der Waals surface area contributed by atoms with Gasteiger partial charge in [-0.1, -0.05) is 47.0 Å². The largest absolute Gasteiger partial charge is 0.465 e. The molecule has 1 aromatic heterocycles. The lowest BCUT2D eigenvalue weighted by Crippen LogP contribution is -2.31. The van der Waals surface area contributed by atoms with Gasteiger partial charge < -0.3 is 14.1 Å². The molecule has 0 atom stereocenters. The normalized spacial score (nSPS) is 15.1. The van der Waals surface area contributed by atoms with Gasteiger partial charge in [-0.3, -0.25) is 4.79 Å². The van der Waals surface area contributed by atoms with E-state index in [9.17, 15) is 18.0 Å². The number of esters is 1. The maximum absolute atomic E-state index is 13.7. The Labute approximate surface area is 249 Å². The van der Waals surface area contributed by atoms with Gasteiger partial charge in [-0.25, -0.2) is 13.2 Å². The molecule has 41 heavy (non-hydrogen) atoms. The molecular formula is C30H30Cl2N2O6S. The minimum Gasteiger partial charge on any atom is -0.465 e. The molecule has 11 heteroatoms. The number of furan rings is 1. The van der Waals surface area contributed by atoms with E-state index in [-0.39, 0.29) is 46.8 Å². The number of halogens is 2. The van der Waals surface area contributed by atoms with Crippen LogP contribution in [0.3, 0.4) is 0 Å². The van der Waals surface area contributed by atoms with Crippen molar-refractivity contribution in [3.8, 4) is 0 Å². The Morgan fingerprint density at radius 3 is 2.34 bits per heavy atom. The fourth-order valence-electron chi connectivity index (χ4n) is 4.62. The molecule has 0 fully saturated rings. The van der Waals surface area contributed by atoms with Crippen molar-refractivity contribution in [2.24, 2.45) is 0 Å². The topological polar surface area (TPSA) is 97.1 Å². The predicted molar refractivity (Wildman–Crippen MR) is 157 cm³/mol.